The molecule has 2 aromatic carbocycles. The van der Waals surface area contributed by atoms with Crippen molar-refractivity contribution in [2.45, 2.75) is 30.4 Å². The molecule has 4 rings (SSSR count). The van der Waals surface area contributed by atoms with Gasteiger partial charge < -0.3 is 53.7 Å². The van der Waals surface area contributed by atoms with E-state index < -0.39 is 58.1 Å². The van der Waals surface area contributed by atoms with Gasteiger partial charge in [0.1, 0.15) is 41.5 Å². The van der Waals surface area contributed by atoms with E-state index in [1.165, 1.54) is 18.2 Å². The molecule has 6 atom stereocenters. The van der Waals surface area contributed by atoms with E-state index in [0.29, 0.717) is 5.75 Å². The van der Waals surface area contributed by atoms with Crippen molar-refractivity contribution >= 4 is 21.2 Å². The van der Waals surface area contributed by atoms with Crippen LogP contribution in [0.3, 0.4) is 0 Å². The summed E-state index contributed by atoms with van der Waals surface area (Å²) in [5.74, 6) is -2.12. The molecule has 1 aromatic heterocycles. The zero-order valence-corrected chi connectivity index (χ0v) is 30.6. The fourth-order valence-electron chi connectivity index (χ4n) is 3.69. The third kappa shape index (κ3) is 10.6. The minimum absolute atomic E-state index is 0. The Morgan fingerprint density at radius 2 is 1.62 bits per heavy atom. The Morgan fingerprint density at radius 1 is 0.976 bits per heavy atom. The fraction of sp³-hybridized carbons (Fsp3) is 0.273. The second kappa shape index (κ2) is 17.1. The minimum Gasteiger partial charge on any atom is -0.809 e. The number of nitrogen functional groups attached to an aromatic ring is 1. The molecule has 0 bridgehead atoms. The van der Waals surface area contributed by atoms with Crippen LogP contribution in [0.4, 0.5) is 5.82 Å². The van der Waals surface area contributed by atoms with Crippen molar-refractivity contribution in [1.82, 2.24) is 9.55 Å². The van der Waals surface area contributed by atoms with Crippen molar-refractivity contribution in [3.63, 3.8) is 0 Å². The predicted molar refractivity (Wildman–Crippen MR) is 127 cm³/mol. The number of phosphoric ester groups is 1. The number of ether oxygens (including phenoxy) is 2. The molecule has 210 valence electrons. The first-order valence-corrected chi connectivity index (χ1v) is 14.3. The van der Waals surface area contributed by atoms with E-state index in [2.05, 4.69) is 14.0 Å². The summed E-state index contributed by atoms with van der Waals surface area (Å²) in [7, 11) is -11.3. The molecule has 20 heteroatoms. The Hall–Kier alpha value is 0.0600. The number of aromatic nitrogens is 2. The average molecular weight is 651 g/mol. The largest absolute Gasteiger partial charge is 1.00 e. The molecule has 1 saturated heterocycles. The van der Waals surface area contributed by atoms with E-state index in [4.69, 9.17) is 15.2 Å². The van der Waals surface area contributed by atoms with Crippen molar-refractivity contribution in [2.24, 2.45) is 0 Å². The number of para-hydroxylation sites is 1. The zero-order chi connectivity index (χ0) is 28.4. The molecule has 1 unspecified atom stereocenters. The number of aliphatic hydroxyl groups is 2. The van der Waals surface area contributed by atoms with Crippen molar-refractivity contribution in [3.8, 4) is 11.5 Å². The number of benzene rings is 2. The van der Waals surface area contributed by atoms with Gasteiger partial charge in [0.25, 0.3) is 7.82 Å². The molecule has 0 aliphatic carbocycles. The summed E-state index contributed by atoms with van der Waals surface area (Å²) in [6, 6.07) is 14.6. The van der Waals surface area contributed by atoms with Crippen LogP contribution in [0.2, 0.25) is 0 Å². The normalized spacial score (nSPS) is 22.0. The first-order chi connectivity index (χ1) is 18.3. The Balaban J connectivity index is 0.00000294. The van der Waals surface area contributed by atoms with Gasteiger partial charge in [-0.25, -0.2) is 4.79 Å². The van der Waals surface area contributed by atoms with Crippen LogP contribution >= 0.6 is 15.4 Å². The molecule has 1 aliphatic rings. The molecule has 3 aromatic rings. The smallest absolute Gasteiger partial charge is 0.809 e. The predicted octanol–water partition coefficient (Wildman–Crippen LogP) is -9.64. The minimum atomic E-state index is -5.73. The number of phosphoric acid groups is 1. The summed E-state index contributed by atoms with van der Waals surface area (Å²) in [5.41, 5.74) is 4.16. The average Bonchev–Trinajstić information content (AvgIpc) is 3.15. The van der Waals surface area contributed by atoms with Gasteiger partial charge in [-0.15, -0.1) is 0 Å². The molecule has 1 aliphatic heterocycles. The van der Waals surface area contributed by atoms with Crippen molar-refractivity contribution in [3.05, 3.63) is 82.9 Å². The summed E-state index contributed by atoms with van der Waals surface area (Å²) < 4.78 is 45.5. The fourth-order valence-corrected chi connectivity index (χ4v) is 5.78. The second-order valence-electron chi connectivity index (χ2n) is 8.32. The van der Waals surface area contributed by atoms with E-state index in [1.807, 2.05) is 0 Å². The molecular formula is C22H22N3Na3O12P2. The summed E-state index contributed by atoms with van der Waals surface area (Å²) in [6.07, 6.45) is -5.25. The molecule has 0 spiro atoms. The maximum Gasteiger partial charge on any atom is 1.00 e. The standard InChI is InChI=1S/C22H25N3O12P2.3Na/c23-17-9-10-25(22(28)24-17)20-19(27)18(26)16(36-20)12-34-39(32,33)37-21(38(29,30)31)13-5-4-8-15(11-13)35-14-6-2-1-3-7-14;;;/h1-11,16,18-21,26-27H,12H2,(H,32,33)(H2,23,24,28)(H2,29,30,31);;;/q;3*+1/p-3/t16-,18-,19-,20-,21-;;;/m1.../s1. The van der Waals surface area contributed by atoms with E-state index in [0.717, 1.165) is 22.9 Å². The van der Waals surface area contributed by atoms with Gasteiger partial charge in [-0.05, 0) is 43.5 Å². The van der Waals surface area contributed by atoms with Crippen LogP contribution in [0.15, 0.2) is 71.7 Å². The molecule has 1 fully saturated rings. The third-order valence-corrected chi connectivity index (χ3v) is 7.58. The molecule has 0 saturated carbocycles. The molecule has 0 radical (unpaired) electrons. The number of aliphatic hydroxyl groups excluding tert-OH is 2. The monoisotopic (exact) mass is 651 g/mol. The Morgan fingerprint density at radius 3 is 2.24 bits per heavy atom. The van der Waals surface area contributed by atoms with Crippen LogP contribution in [0.5, 0.6) is 11.5 Å². The van der Waals surface area contributed by atoms with Gasteiger partial charge in [-0.2, -0.15) is 4.98 Å². The topological polar surface area (TPSA) is 242 Å². The van der Waals surface area contributed by atoms with Crippen LogP contribution < -0.4 is 120 Å². The van der Waals surface area contributed by atoms with E-state index in [9.17, 15) is 38.8 Å². The summed E-state index contributed by atoms with van der Waals surface area (Å²) >= 11 is 0. The molecular weight excluding hydrogens is 629 g/mol. The maximum absolute atomic E-state index is 12.5. The number of hydrogen-bond acceptors (Lipinski definition) is 14. The van der Waals surface area contributed by atoms with Crippen molar-refractivity contribution in [1.29, 1.82) is 0 Å². The van der Waals surface area contributed by atoms with Gasteiger partial charge in [0.2, 0.25) is 0 Å². The van der Waals surface area contributed by atoms with Gasteiger partial charge in [-0.3, -0.25) is 9.13 Å². The summed E-state index contributed by atoms with van der Waals surface area (Å²) in [5, 5.41) is 20.5. The van der Waals surface area contributed by atoms with Crippen LogP contribution in [0.25, 0.3) is 0 Å². The number of nitrogens with two attached hydrogens (primary N) is 1. The Kier molecular flexibility index (Phi) is 16.3. The van der Waals surface area contributed by atoms with Gasteiger partial charge in [0, 0.05) is 6.20 Å². The van der Waals surface area contributed by atoms with E-state index in [-0.39, 0.29) is 106 Å². The number of rotatable bonds is 10. The summed E-state index contributed by atoms with van der Waals surface area (Å²) in [6.45, 7) is -0.960. The van der Waals surface area contributed by atoms with Gasteiger partial charge in [-0.1, -0.05) is 30.3 Å². The molecule has 2 heterocycles. The molecule has 4 N–H and O–H groups in total. The molecule has 42 heavy (non-hydrogen) atoms. The van der Waals surface area contributed by atoms with E-state index >= 15 is 0 Å². The maximum atomic E-state index is 12.5. The first-order valence-electron chi connectivity index (χ1n) is 11.2. The molecule has 15 nitrogen and oxygen atoms in total. The molecule has 0 amide bonds. The van der Waals surface area contributed by atoms with Crippen LogP contribution in [0.1, 0.15) is 17.6 Å². The zero-order valence-electron chi connectivity index (χ0n) is 22.8. The number of anilines is 1. The number of nitrogens with zero attached hydrogens (tertiary/aromatic N) is 2. The Labute approximate surface area is 306 Å². The van der Waals surface area contributed by atoms with Crippen LogP contribution in [0, 0.1) is 0 Å². The van der Waals surface area contributed by atoms with Crippen molar-refractivity contribution < 1.29 is 141 Å². The second-order valence-corrected chi connectivity index (χ2v) is 11.2. The SMILES string of the molecule is Nc1ccn([C@@H]2O[C@H](COP(=O)([O-])O[C@@H](c3cccc(Oc4ccccc4)c3)P(=O)([O-])[O-])[C@@H](O)[C@H]2O)c(=O)n1.[Na+].[Na+].[Na+]. The van der Waals surface area contributed by atoms with Crippen molar-refractivity contribution in [2.75, 3.05) is 12.3 Å². The number of hydrogen-bond donors (Lipinski definition) is 3. The third-order valence-electron chi connectivity index (χ3n) is 5.50. The van der Waals surface area contributed by atoms with Gasteiger partial charge in [0.05, 0.1) is 6.61 Å². The Bertz CT molecular complexity index is 1470. The first kappa shape index (κ1) is 40.1. The quantitative estimate of drug-likeness (QED) is 0.136. The van der Waals surface area contributed by atoms with E-state index in [1.54, 1.807) is 30.3 Å². The van der Waals surface area contributed by atoms with Gasteiger partial charge >= 0.3 is 94.4 Å². The van der Waals surface area contributed by atoms with Crippen LogP contribution in [-0.4, -0.2) is 44.7 Å². The summed E-state index contributed by atoms with van der Waals surface area (Å²) in [4.78, 5) is 51.9. The van der Waals surface area contributed by atoms with Crippen LogP contribution in [-0.2, 0) is 22.9 Å². The van der Waals surface area contributed by atoms with Gasteiger partial charge in [0.15, 0.2) is 6.23 Å².